The van der Waals surface area contributed by atoms with E-state index in [2.05, 4.69) is 62.5 Å². The van der Waals surface area contributed by atoms with Crippen LogP contribution in [0, 0.1) is 0 Å². The van der Waals surface area contributed by atoms with Crippen LogP contribution < -0.4 is 5.73 Å². The molecule has 0 aromatic heterocycles. The molecular formula is C41H74NO7P. The molecule has 8 nitrogen and oxygen atoms in total. The highest BCUT2D eigenvalue weighted by molar-refractivity contribution is 7.47. The Balaban J connectivity index is 4.19. The Hall–Kier alpha value is -1.96. The monoisotopic (exact) mass is 724 g/mol. The fourth-order valence-electron chi connectivity index (χ4n) is 5.13. The lowest BCUT2D eigenvalue weighted by atomic mass is 10.0. The normalized spacial score (nSPS) is 14.2. The molecule has 2 atom stereocenters. The highest BCUT2D eigenvalue weighted by Gasteiger charge is 2.25. The van der Waals surface area contributed by atoms with Gasteiger partial charge in [0.05, 0.1) is 19.5 Å². The van der Waals surface area contributed by atoms with Crippen LogP contribution in [0.5, 0.6) is 0 Å². The highest BCUT2D eigenvalue weighted by atomic mass is 31.2. The van der Waals surface area contributed by atoms with E-state index in [1.807, 2.05) is 6.08 Å². The molecule has 0 aliphatic carbocycles. The quantitative estimate of drug-likeness (QED) is 0.0214. The van der Waals surface area contributed by atoms with E-state index in [1.54, 1.807) is 6.26 Å². The van der Waals surface area contributed by atoms with Crippen LogP contribution in [0.1, 0.15) is 162 Å². The lowest BCUT2D eigenvalue weighted by molar-refractivity contribution is -0.153. The lowest BCUT2D eigenvalue weighted by Gasteiger charge is -2.19. The average molecular weight is 724 g/mol. The molecule has 0 saturated carbocycles. The van der Waals surface area contributed by atoms with E-state index in [9.17, 15) is 14.3 Å². The molecule has 9 heteroatoms. The van der Waals surface area contributed by atoms with E-state index in [0.717, 1.165) is 70.6 Å². The van der Waals surface area contributed by atoms with Crippen LogP contribution in [0.3, 0.4) is 0 Å². The third-order valence-corrected chi connectivity index (χ3v) is 9.00. The van der Waals surface area contributed by atoms with Crippen LogP contribution in [0.25, 0.3) is 0 Å². The Morgan fingerprint density at radius 2 is 1.14 bits per heavy atom. The Morgan fingerprint density at radius 1 is 0.640 bits per heavy atom. The van der Waals surface area contributed by atoms with Gasteiger partial charge in [-0.1, -0.05) is 146 Å². The second-order valence-electron chi connectivity index (χ2n) is 12.8. The van der Waals surface area contributed by atoms with Gasteiger partial charge in [0.2, 0.25) is 0 Å². The Bertz CT molecular complexity index is 947. The fraction of sp³-hybridized carbons (Fsp3) is 0.732. The Kier molecular flexibility index (Phi) is 36.8. The van der Waals surface area contributed by atoms with Gasteiger partial charge in [0, 0.05) is 13.0 Å². The van der Waals surface area contributed by atoms with Gasteiger partial charge in [0.25, 0.3) is 0 Å². The van der Waals surface area contributed by atoms with Gasteiger partial charge in [-0.25, -0.2) is 4.57 Å². The van der Waals surface area contributed by atoms with Gasteiger partial charge in [0.1, 0.15) is 6.61 Å². The summed E-state index contributed by atoms with van der Waals surface area (Å²) in [6.45, 7) is 4.08. The topological polar surface area (TPSA) is 117 Å². The summed E-state index contributed by atoms with van der Waals surface area (Å²) in [5.74, 6) is -0.378. The van der Waals surface area contributed by atoms with Crippen molar-refractivity contribution < 1.29 is 32.8 Å². The van der Waals surface area contributed by atoms with Crippen molar-refractivity contribution in [1.82, 2.24) is 0 Å². The number of unbranched alkanes of at least 4 members (excludes halogenated alkanes) is 16. The van der Waals surface area contributed by atoms with E-state index in [4.69, 9.17) is 24.3 Å². The predicted octanol–water partition coefficient (Wildman–Crippen LogP) is 11.8. The van der Waals surface area contributed by atoms with Crippen LogP contribution >= 0.6 is 7.82 Å². The molecule has 0 aromatic rings. The first kappa shape index (κ1) is 48.0. The minimum atomic E-state index is -4.30. The molecule has 0 saturated heterocycles. The summed E-state index contributed by atoms with van der Waals surface area (Å²) in [7, 11) is -4.30. The molecule has 0 radical (unpaired) electrons. The van der Waals surface area contributed by atoms with Crippen molar-refractivity contribution in [2.75, 3.05) is 26.4 Å². The highest BCUT2D eigenvalue weighted by Crippen LogP contribution is 2.43. The first-order valence-electron chi connectivity index (χ1n) is 19.8. The standard InChI is InChI=1S/C41H74NO7P/c1-3-5-7-9-11-13-15-17-19-20-21-22-24-26-28-30-32-34-41(43)49-40(39-48-50(44,45)47-37-35-42)38-46-36-33-31-29-27-25-23-18-16-14-12-10-8-6-4-2/h5,7,11,13,17,19,21-22,33,36,40H,3-4,6,8-10,12,14-16,18,20,23-32,34-35,37-39,42H2,1-2H3,(H,44,45). The van der Waals surface area contributed by atoms with Gasteiger partial charge >= 0.3 is 13.8 Å². The zero-order chi connectivity index (χ0) is 36.6. The number of hydrogen-bond donors (Lipinski definition) is 2. The number of allylic oxidation sites excluding steroid dienone is 9. The van der Waals surface area contributed by atoms with Gasteiger partial charge in [0.15, 0.2) is 6.10 Å². The van der Waals surface area contributed by atoms with Gasteiger partial charge in [-0.2, -0.15) is 0 Å². The van der Waals surface area contributed by atoms with Gasteiger partial charge in [-0.15, -0.1) is 0 Å². The first-order chi connectivity index (χ1) is 24.4. The zero-order valence-electron chi connectivity index (χ0n) is 31.9. The number of ether oxygens (including phenoxy) is 2. The molecule has 0 heterocycles. The molecule has 0 fully saturated rings. The predicted molar refractivity (Wildman–Crippen MR) is 210 cm³/mol. The number of carbonyl (C=O) groups is 1. The van der Waals surface area contributed by atoms with Crippen molar-refractivity contribution in [3.05, 3.63) is 60.9 Å². The number of rotatable bonds is 37. The van der Waals surface area contributed by atoms with Crippen molar-refractivity contribution in [2.24, 2.45) is 5.73 Å². The summed E-state index contributed by atoms with van der Waals surface area (Å²) < 4.78 is 33.1. The average Bonchev–Trinajstić information content (AvgIpc) is 3.10. The second-order valence-corrected chi connectivity index (χ2v) is 14.3. The third-order valence-electron chi connectivity index (χ3n) is 8.01. The second kappa shape index (κ2) is 38.3. The summed E-state index contributed by atoms with van der Waals surface area (Å²) in [5, 5.41) is 0. The van der Waals surface area contributed by atoms with Crippen molar-refractivity contribution in [2.45, 2.75) is 168 Å². The summed E-state index contributed by atoms with van der Waals surface area (Å²) in [5.41, 5.74) is 5.35. The van der Waals surface area contributed by atoms with Crippen molar-refractivity contribution in [3.63, 3.8) is 0 Å². The smallest absolute Gasteiger partial charge is 0.472 e. The maximum absolute atomic E-state index is 12.5. The Morgan fingerprint density at radius 3 is 1.70 bits per heavy atom. The first-order valence-corrected chi connectivity index (χ1v) is 21.3. The van der Waals surface area contributed by atoms with Gasteiger partial charge in [-0.05, 0) is 63.9 Å². The molecular weight excluding hydrogens is 649 g/mol. The van der Waals surface area contributed by atoms with Crippen molar-refractivity contribution >= 4 is 13.8 Å². The van der Waals surface area contributed by atoms with E-state index >= 15 is 0 Å². The van der Waals surface area contributed by atoms with E-state index < -0.39 is 13.9 Å². The number of esters is 1. The number of phosphoric acid groups is 1. The van der Waals surface area contributed by atoms with Crippen LogP contribution in [0.4, 0.5) is 0 Å². The molecule has 50 heavy (non-hydrogen) atoms. The molecule has 0 bridgehead atoms. The minimum Gasteiger partial charge on any atom is -0.498 e. The summed E-state index contributed by atoms with van der Waals surface area (Å²) in [4.78, 5) is 22.4. The molecule has 0 aliphatic rings. The minimum absolute atomic E-state index is 0.0203. The van der Waals surface area contributed by atoms with Crippen LogP contribution in [-0.4, -0.2) is 43.3 Å². The van der Waals surface area contributed by atoms with Crippen LogP contribution in [0.2, 0.25) is 0 Å². The maximum atomic E-state index is 12.5. The van der Waals surface area contributed by atoms with E-state index in [0.29, 0.717) is 0 Å². The molecule has 3 N–H and O–H groups in total. The SMILES string of the molecule is CCC=CCC=CCC=CCC=CCCCCCCC(=O)OC(COC=CCCCCCCCCCCCCCC)COP(=O)(O)OCCN. The molecule has 0 spiro atoms. The van der Waals surface area contributed by atoms with Crippen molar-refractivity contribution in [3.8, 4) is 0 Å². The van der Waals surface area contributed by atoms with Gasteiger partial charge in [-0.3, -0.25) is 13.8 Å². The van der Waals surface area contributed by atoms with Gasteiger partial charge < -0.3 is 20.1 Å². The third kappa shape index (κ3) is 37.3. The largest absolute Gasteiger partial charge is 0.498 e. The maximum Gasteiger partial charge on any atom is 0.472 e. The number of hydrogen-bond acceptors (Lipinski definition) is 7. The van der Waals surface area contributed by atoms with Crippen molar-refractivity contribution in [1.29, 1.82) is 0 Å². The number of carbonyl (C=O) groups excluding carboxylic acids is 1. The molecule has 290 valence electrons. The number of nitrogens with two attached hydrogens (primary N) is 1. The van der Waals surface area contributed by atoms with Crippen LogP contribution in [0.15, 0.2) is 60.9 Å². The van der Waals surface area contributed by atoms with E-state index in [1.165, 1.54) is 70.6 Å². The van der Waals surface area contributed by atoms with Crippen LogP contribution in [-0.2, 0) is 27.9 Å². The zero-order valence-corrected chi connectivity index (χ0v) is 32.8. The fourth-order valence-corrected chi connectivity index (χ4v) is 5.89. The molecule has 0 amide bonds. The Labute approximate surface area is 306 Å². The summed E-state index contributed by atoms with van der Waals surface area (Å²) in [6, 6.07) is 0. The lowest BCUT2D eigenvalue weighted by Crippen LogP contribution is -2.27. The molecule has 0 aromatic carbocycles. The van der Waals surface area contributed by atoms with E-state index in [-0.39, 0.29) is 38.8 Å². The summed E-state index contributed by atoms with van der Waals surface area (Å²) >= 11 is 0. The molecule has 0 aliphatic heterocycles. The summed E-state index contributed by atoms with van der Waals surface area (Å²) in [6.07, 6.45) is 46.1. The molecule has 2 unspecified atom stereocenters. The molecule has 0 rings (SSSR count). The number of phosphoric ester groups is 1.